The predicted molar refractivity (Wildman–Crippen MR) is 109 cm³/mol. The molecule has 140 valence electrons. The third-order valence-electron chi connectivity index (χ3n) is 4.88. The second-order valence-corrected chi connectivity index (χ2v) is 6.67. The molecule has 0 atom stereocenters. The summed E-state index contributed by atoms with van der Waals surface area (Å²) in [4.78, 5) is 17.2. The number of carbonyl (C=O) groups is 1. The number of rotatable bonds is 5. The van der Waals surface area contributed by atoms with Crippen molar-refractivity contribution in [2.24, 2.45) is 7.05 Å². The van der Waals surface area contributed by atoms with Crippen LogP contribution in [-0.2, 0) is 19.9 Å². The second kappa shape index (κ2) is 7.64. The van der Waals surface area contributed by atoms with E-state index in [0.717, 1.165) is 28.8 Å². The molecular weight excluding hydrogens is 353 g/mol. The number of aromatic nitrogens is 2. The van der Waals surface area contributed by atoms with Crippen molar-refractivity contribution in [3.63, 3.8) is 0 Å². The highest BCUT2D eigenvalue weighted by Crippen LogP contribution is 2.21. The number of carbonyl (C=O) groups excluding carboxylic acids is 1. The summed E-state index contributed by atoms with van der Waals surface area (Å²) in [5.74, 6) is 0.00175. The van der Waals surface area contributed by atoms with Gasteiger partial charge in [-0.1, -0.05) is 42.5 Å². The molecule has 0 bridgehead atoms. The lowest BCUT2D eigenvalue weighted by Gasteiger charge is -2.11. The summed E-state index contributed by atoms with van der Waals surface area (Å²) >= 11 is 0. The topological polar surface area (TPSA) is 46.9 Å². The van der Waals surface area contributed by atoms with E-state index < -0.39 is 11.7 Å². The minimum atomic E-state index is -0.530. The fraction of sp³-hybridized carbons (Fsp3) is 0.130. The van der Waals surface area contributed by atoms with Crippen LogP contribution in [0.15, 0.2) is 72.8 Å². The number of halogens is 1. The lowest BCUT2D eigenvalue weighted by Crippen LogP contribution is -2.15. The maximum Gasteiger partial charge on any atom is 0.258 e. The molecule has 28 heavy (non-hydrogen) atoms. The second-order valence-electron chi connectivity index (χ2n) is 6.67. The molecule has 0 saturated carbocycles. The molecule has 0 aliphatic carbocycles. The van der Waals surface area contributed by atoms with Gasteiger partial charge in [-0.2, -0.15) is 0 Å². The van der Waals surface area contributed by atoms with Crippen molar-refractivity contribution in [3.8, 4) is 0 Å². The Kier molecular flexibility index (Phi) is 4.89. The maximum absolute atomic E-state index is 13.9. The number of benzene rings is 3. The fourth-order valence-corrected chi connectivity index (χ4v) is 3.36. The highest BCUT2D eigenvalue weighted by atomic mass is 19.1. The van der Waals surface area contributed by atoms with Gasteiger partial charge in [-0.05, 0) is 42.3 Å². The van der Waals surface area contributed by atoms with Crippen molar-refractivity contribution < 1.29 is 9.18 Å². The van der Waals surface area contributed by atoms with Crippen LogP contribution in [0.25, 0.3) is 11.0 Å². The number of nitrogens with zero attached hydrogens (tertiary/aromatic N) is 2. The molecule has 1 N–H and O–H groups in total. The average Bonchev–Trinajstić information content (AvgIpc) is 3.03. The third kappa shape index (κ3) is 3.51. The van der Waals surface area contributed by atoms with E-state index in [9.17, 15) is 9.18 Å². The SMILES string of the molecule is Cn1c(CCc2ccccc2NC(=O)c2ccccc2F)nc2ccccc21. The zero-order valence-corrected chi connectivity index (χ0v) is 15.5. The molecule has 3 aromatic carbocycles. The number of hydrogen-bond donors (Lipinski definition) is 1. The van der Waals surface area contributed by atoms with Crippen LogP contribution in [0, 0.1) is 5.82 Å². The van der Waals surface area contributed by atoms with Crippen LogP contribution in [0.2, 0.25) is 0 Å². The van der Waals surface area contributed by atoms with Crippen molar-refractivity contribution >= 4 is 22.6 Å². The zero-order valence-electron chi connectivity index (χ0n) is 15.5. The summed E-state index contributed by atoms with van der Waals surface area (Å²) < 4.78 is 16.0. The molecule has 0 unspecified atom stereocenters. The normalized spacial score (nSPS) is 10.9. The lowest BCUT2D eigenvalue weighted by atomic mass is 10.1. The van der Waals surface area contributed by atoms with Gasteiger partial charge in [0.1, 0.15) is 11.6 Å². The molecule has 0 radical (unpaired) electrons. The molecule has 0 aliphatic heterocycles. The fourth-order valence-electron chi connectivity index (χ4n) is 3.36. The Morgan fingerprint density at radius 3 is 2.50 bits per heavy atom. The number of anilines is 1. The van der Waals surface area contributed by atoms with E-state index in [1.807, 2.05) is 49.5 Å². The van der Waals surface area contributed by atoms with Gasteiger partial charge in [-0.15, -0.1) is 0 Å². The molecule has 1 amide bonds. The van der Waals surface area contributed by atoms with Crippen LogP contribution >= 0.6 is 0 Å². The smallest absolute Gasteiger partial charge is 0.258 e. The number of amides is 1. The van der Waals surface area contributed by atoms with Crippen LogP contribution in [0.5, 0.6) is 0 Å². The van der Waals surface area contributed by atoms with E-state index in [1.165, 1.54) is 12.1 Å². The lowest BCUT2D eigenvalue weighted by molar-refractivity contribution is 0.102. The number of nitrogens with one attached hydrogen (secondary N) is 1. The molecule has 4 rings (SSSR count). The molecular formula is C23H20FN3O. The van der Waals surface area contributed by atoms with Crippen molar-refractivity contribution in [2.45, 2.75) is 12.8 Å². The maximum atomic E-state index is 13.9. The Balaban J connectivity index is 1.54. The quantitative estimate of drug-likeness (QED) is 0.549. The minimum absolute atomic E-state index is 0.0349. The first-order valence-electron chi connectivity index (χ1n) is 9.17. The van der Waals surface area contributed by atoms with Crippen molar-refractivity contribution in [2.75, 3.05) is 5.32 Å². The first-order valence-corrected chi connectivity index (χ1v) is 9.17. The number of para-hydroxylation sites is 3. The van der Waals surface area contributed by atoms with E-state index >= 15 is 0 Å². The largest absolute Gasteiger partial charge is 0.331 e. The Morgan fingerprint density at radius 1 is 0.964 bits per heavy atom. The van der Waals surface area contributed by atoms with Gasteiger partial charge in [0.05, 0.1) is 16.6 Å². The molecule has 0 aliphatic rings. The van der Waals surface area contributed by atoms with Gasteiger partial charge in [-0.3, -0.25) is 4.79 Å². The molecule has 5 heteroatoms. The van der Waals surface area contributed by atoms with Crippen molar-refractivity contribution in [1.29, 1.82) is 0 Å². The Hall–Kier alpha value is -3.47. The van der Waals surface area contributed by atoms with Gasteiger partial charge in [0, 0.05) is 19.2 Å². The van der Waals surface area contributed by atoms with Crippen LogP contribution in [-0.4, -0.2) is 15.5 Å². The standard InChI is InChI=1S/C23H20FN3O/c1-27-21-13-7-6-12-20(21)25-22(27)15-14-16-8-2-5-11-19(16)26-23(28)17-9-3-4-10-18(17)24/h2-13H,14-15H2,1H3,(H,26,28). The zero-order chi connectivity index (χ0) is 19.5. The molecule has 4 aromatic rings. The molecule has 0 fully saturated rings. The van der Waals surface area contributed by atoms with Crippen LogP contribution < -0.4 is 5.32 Å². The average molecular weight is 373 g/mol. The van der Waals surface area contributed by atoms with Gasteiger partial charge in [0.25, 0.3) is 5.91 Å². The third-order valence-corrected chi connectivity index (χ3v) is 4.88. The number of aryl methyl sites for hydroxylation is 3. The summed E-state index contributed by atoms with van der Waals surface area (Å²) in [6, 6.07) is 21.6. The summed E-state index contributed by atoms with van der Waals surface area (Å²) in [6.07, 6.45) is 1.45. The Labute approximate surface area is 162 Å². The van der Waals surface area contributed by atoms with Crippen LogP contribution in [0.3, 0.4) is 0 Å². The van der Waals surface area contributed by atoms with E-state index in [-0.39, 0.29) is 5.56 Å². The Morgan fingerprint density at radius 2 is 1.68 bits per heavy atom. The van der Waals surface area contributed by atoms with Crippen molar-refractivity contribution in [1.82, 2.24) is 9.55 Å². The Bertz CT molecular complexity index is 1150. The van der Waals surface area contributed by atoms with E-state index in [1.54, 1.807) is 12.1 Å². The summed E-state index contributed by atoms with van der Waals surface area (Å²) in [5.41, 5.74) is 3.78. The van der Waals surface area contributed by atoms with Crippen LogP contribution in [0.4, 0.5) is 10.1 Å². The van der Waals surface area contributed by atoms with Gasteiger partial charge in [0.15, 0.2) is 0 Å². The number of imidazole rings is 1. The first kappa shape index (κ1) is 17.9. The molecule has 1 heterocycles. The number of hydrogen-bond acceptors (Lipinski definition) is 2. The molecule has 0 saturated heterocycles. The van der Waals surface area contributed by atoms with E-state index in [4.69, 9.17) is 4.98 Å². The van der Waals surface area contributed by atoms with E-state index in [2.05, 4.69) is 16.0 Å². The number of fused-ring (bicyclic) bond motifs is 1. The highest BCUT2D eigenvalue weighted by molar-refractivity contribution is 6.04. The van der Waals surface area contributed by atoms with Gasteiger partial charge < -0.3 is 9.88 Å². The first-order chi connectivity index (χ1) is 13.6. The van der Waals surface area contributed by atoms with Crippen LogP contribution in [0.1, 0.15) is 21.7 Å². The summed E-state index contributed by atoms with van der Waals surface area (Å²) in [5, 5.41) is 2.84. The highest BCUT2D eigenvalue weighted by Gasteiger charge is 2.14. The molecule has 1 aromatic heterocycles. The van der Waals surface area contributed by atoms with Gasteiger partial charge in [-0.25, -0.2) is 9.37 Å². The molecule has 4 nitrogen and oxygen atoms in total. The van der Waals surface area contributed by atoms with Crippen molar-refractivity contribution in [3.05, 3.63) is 95.6 Å². The summed E-state index contributed by atoms with van der Waals surface area (Å²) in [6.45, 7) is 0. The molecule has 0 spiro atoms. The predicted octanol–water partition coefficient (Wildman–Crippen LogP) is 4.75. The monoisotopic (exact) mass is 373 g/mol. The van der Waals surface area contributed by atoms with Gasteiger partial charge in [0.2, 0.25) is 0 Å². The van der Waals surface area contributed by atoms with E-state index in [0.29, 0.717) is 12.1 Å². The van der Waals surface area contributed by atoms with Gasteiger partial charge >= 0.3 is 0 Å². The minimum Gasteiger partial charge on any atom is -0.331 e. The summed E-state index contributed by atoms with van der Waals surface area (Å²) in [7, 11) is 2.01.